The number of halogens is 4. The summed E-state index contributed by atoms with van der Waals surface area (Å²) in [4.78, 5) is 14.0. The molecular weight excluding hydrogens is 571 g/mol. The van der Waals surface area contributed by atoms with Gasteiger partial charge in [-0.2, -0.15) is 21.6 Å². The topological polar surface area (TPSA) is 108 Å². The van der Waals surface area contributed by atoms with Gasteiger partial charge < -0.3 is 20.3 Å². The number of hydrogen-bond donors (Lipinski definition) is 3. The van der Waals surface area contributed by atoms with Crippen molar-refractivity contribution in [3.05, 3.63) is 107 Å². The number of aryl methyl sites for hydroxylation is 1. The van der Waals surface area contributed by atoms with Crippen LogP contribution in [0.15, 0.2) is 95.7 Å². The van der Waals surface area contributed by atoms with E-state index in [9.17, 15) is 26.4 Å². The Morgan fingerprint density at radius 1 is 1.00 bits per heavy atom. The van der Waals surface area contributed by atoms with E-state index in [0.717, 1.165) is 24.2 Å². The van der Waals surface area contributed by atoms with Gasteiger partial charge in [-0.15, -0.1) is 0 Å². The molecule has 1 heterocycles. The van der Waals surface area contributed by atoms with Crippen molar-refractivity contribution in [2.24, 2.45) is 0 Å². The summed E-state index contributed by atoms with van der Waals surface area (Å²) in [5, 5.41) is 4.46. The Morgan fingerprint density at radius 3 is 2.15 bits per heavy atom. The molecule has 0 saturated carbocycles. The molecule has 0 bridgehead atoms. The van der Waals surface area contributed by atoms with E-state index in [0.29, 0.717) is 17.2 Å². The molecule has 212 valence electrons. The molecule has 3 aromatic carbocycles. The Kier molecular flexibility index (Phi) is 9.85. The maximum Gasteiger partial charge on any atom is 0.417 e. The number of nitrogens with one attached hydrogen (secondary N) is 2. The third-order valence-corrected chi connectivity index (χ3v) is 6.47. The molecule has 8 nitrogen and oxygen atoms in total. The van der Waals surface area contributed by atoms with Crippen LogP contribution in [0.5, 0.6) is 5.75 Å². The molecular formula is C27H25ClF3N3O5S. The highest BCUT2D eigenvalue weighted by Gasteiger charge is 2.33. The minimum absolute atomic E-state index is 0.0276. The van der Waals surface area contributed by atoms with Crippen LogP contribution in [0.2, 0.25) is 5.02 Å². The molecule has 0 spiro atoms. The molecule has 0 aromatic heterocycles. The smallest absolute Gasteiger partial charge is 0.417 e. The van der Waals surface area contributed by atoms with Crippen LogP contribution in [-0.2, 0) is 16.3 Å². The standard InChI is InChI=1S/C20H17ClF3N3O2.C7H8O3S/c1-27-10-8-16(9-11-27)29-15-5-2-13(3-6-15)25-19(28)26-14-4-7-18(21)17(12-14)20(22,23)24;1-6-2-4-7(5-3-6)11(8,9)10/h2-10,12H,11H2,1H3,(H2,25,26,28);2-5H,1H3,(H,8,9,10). The Balaban J connectivity index is 0.000000336. The maximum absolute atomic E-state index is 12.9. The van der Waals surface area contributed by atoms with Gasteiger partial charge in [0.05, 0.1) is 15.5 Å². The average Bonchev–Trinajstić information content (AvgIpc) is 2.87. The molecule has 0 radical (unpaired) electrons. The SMILES string of the molecule is CN1C=CC(Oc2ccc(NC(=O)Nc3ccc(Cl)c(C(F)(F)F)c3)cc2)=CC1.Cc1ccc(S(=O)(=O)O)cc1. The van der Waals surface area contributed by atoms with Gasteiger partial charge in [-0.25, -0.2) is 4.79 Å². The molecule has 0 saturated heterocycles. The van der Waals surface area contributed by atoms with Gasteiger partial charge in [-0.3, -0.25) is 4.55 Å². The van der Waals surface area contributed by atoms with Crippen LogP contribution in [0.3, 0.4) is 0 Å². The predicted molar refractivity (Wildman–Crippen MR) is 147 cm³/mol. The van der Waals surface area contributed by atoms with E-state index >= 15 is 0 Å². The number of ether oxygens (including phenoxy) is 1. The number of hydrogen-bond acceptors (Lipinski definition) is 5. The second kappa shape index (κ2) is 12.9. The lowest BCUT2D eigenvalue weighted by Crippen LogP contribution is -2.20. The summed E-state index contributed by atoms with van der Waals surface area (Å²) in [6, 6.07) is 15.0. The fourth-order valence-electron chi connectivity index (χ4n) is 3.21. The molecule has 3 aromatic rings. The lowest BCUT2D eigenvalue weighted by atomic mass is 10.2. The first-order chi connectivity index (χ1) is 18.7. The zero-order valence-corrected chi connectivity index (χ0v) is 22.8. The number of benzene rings is 3. The van der Waals surface area contributed by atoms with Crippen molar-refractivity contribution in [1.82, 2.24) is 4.90 Å². The van der Waals surface area contributed by atoms with Gasteiger partial charge >= 0.3 is 12.2 Å². The van der Waals surface area contributed by atoms with Gasteiger partial charge in [0.1, 0.15) is 11.5 Å². The molecule has 0 atom stereocenters. The Hall–Kier alpha value is -4.00. The van der Waals surface area contributed by atoms with Crippen molar-refractivity contribution < 1.29 is 35.7 Å². The quantitative estimate of drug-likeness (QED) is 0.275. The first kappa shape index (κ1) is 30.5. The van der Waals surface area contributed by atoms with E-state index in [1.165, 1.54) is 18.2 Å². The van der Waals surface area contributed by atoms with Gasteiger partial charge in [-0.1, -0.05) is 29.3 Å². The van der Waals surface area contributed by atoms with E-state index in [2.05, 4.69) is 10.6 Å². The minimum atomic E-state index is -4.61. The number of allylic oxidation sites excluding steroid dienone is 1. The van der Waals surface area contributed by atoms with Gasteiger partial charge in [0.2, 0.25) is 0 Å². The summed E-state index contributed by atoms with van der Waals surface area (Å²) in [6.45, 7) is 2.58. The number of alkyl halides is 3. The van der Waals surface area contributed by atoms with Crippen LogP contribution in [-0.4, -0.2) is 37.5 Å². The fraction of sp³-hybridized carbons (Fsp3) is 0.148. The van der Waals surface area contributed by atoms with Gasteiger partial charge in [0, 0.05) is 31.2 Å². The monoisotopic (exact) mass is 595 g/mol. The highest BCUT2D eigenvalue weighted by Crippen LogP contribution is 2.36. The maximum atomic E-state index is 12.9. The van der Waals surface area contributed by atoms with Crippen molar-refractivity contribution in [3.8, 4) is 5.75 Å². The second-order valence-corrected chi connectivity index (χ2v) is 10.4. The molecule has 40 heavy (non-hydrogen) atoms. The largest absolute Gasteiger partial charge is 0.458 e. The number of amides is 2. The van der Waals surface area contributed by atoms with Crippen LogP contribution in [0.25, 0.3) is 0 Å². The van der Waals surface area contributed by atoms with E-state index in [1.807, 2.05) is 37.2 Å². The Morgan fingerprint density at radius 2 is 1.60 bits per heavy atom. The third-order valence-electron chi connectivity index (χ3n) is 5.27. The number of anilines is 2. The van der Waals surface area contributed by atoms with Crippen molar-refractivity contribution in [2.45, 2.75) is 18.0 Å². The summed E-state index contributed by atoms with van der Waals surface area (Å²) in [6.07, 6.45) is 1.06. The van der Waals surface area contributed by atoms with Crippen molar-refractivity contribution >= 4 is 39.1 Å². The second-order valence-electron chi connectivity index (χ2n) is 8.55. The molecule has 0 unspecified atom stereocenters. The van der Waals surface area contributed by atoms with E-state index in [1.54, 1.807) is 36.4 Å². The summed E-state index contributed by atoms with van der Waals surface area (Å²) in [5.74, 6) is 1.30. The molecule has 1 aliphatic heterocycles. The minimum Gasteiger partial charge on any atom is -0.458 e. The van der Waals surface area contributed by atoms with Gasteiger partial charge in [0.25, 0.3) is 10.1 Å². The first-order valence-corrected chi connectivity index (χ1v) is 13.4. The zero-order chi connectivity index (χ0) is 29.5. The highest BCUT2D eigenvalue weighted by atomic mass is 35.5. The Bertz CT molecular complexity index is 1510. The number of nitrogens with zero attached hydrogens (tertiary/aromatic N) is 1. The number of likely N-dealkylation sites (N-methyl/N-ethyl adjacent to an activating group) is 1. The van der Waals surface area contributed by atoms with Crippen LogP contribution >= 0.6 is 11.6 Å². The highest BCUT2D eigenvalue weighted by molar-refractivity contribution is 7.85. The lowest BCUT2D eigenvalue weighted by Gasteiger charge is -2.17. The summed E-state index contributed by atoms with van der Waals surface area (Å²) in [7, 11) is -2.07. The van der Waals surface area contributed by atoms with Gasteiger partial charge in [0.15, 0.2) is 0 Å². The van der Waals surface area contributed by atoms with E-state index < -0.39 is 32.9 Å². The summed E-state index contributed by atoms with van der Waals surface area (Å²) in [5.41, 5.74) is 0.362. The predicted octanol–water partition coefficient (Wildman–Crippen LogP) is 6.97. The van der Waals surface area contributed by atoms with Crippen LogP contribution in [0, 0.1) is 6.92 Å². The Labute approximate surface area is 234 Å². The van der Waals surface area contributed by atoms with Crippen molar-refractivity contribution in [1.29, 1.82) is 0 Å². The molecule has 3 N–H and O–H groups in total. The number of rotatable bonds is 5. The average molecular weight is 596 g/mol. The fourth-order valence-corrected chi connectivity index (χ4v) is 3.91. The third kappa shape index (κ3) is 9.33. The normalized spacial score (nSPS) is 13.1. The molecule has 0 aliphatic carbocycles. The lowest BCUT2D eigenvalue weighted by molar-refractivity contribution is -0.137. The van der Waals surface area contributed by atoms with Crippen LogP contribution < -0.4 is 15.4 Å². The molecule has 1 aliphatic rings. The van der Waals surface area contributed by atoms with Crippen molar-refractivity contribution in [3.63, 3.8) is 0 Å². The van der Waals surface area contributed by atoms with Crippen LogP contribution in [0.4, 0.5) is 29.3 Å². The van der Waals surface area contributed by atoms with Gasteiger partial charge in [-0.05, 0) is 73.7 Å². The zero-order valence-electron chi connectivity index (χ0n) is 21.2. The number of urea groups is 1. The number of carbonyl (C=O) groups is 1. The molecule has 0 fully saturated rings. The van der Waals surface area contributed by atoms with E-state index in [-0.39, 0.29) is 10.6 Å². The molecule has 2 amide bonds. The molecule has 4 rings (SSSR count). The first-order valence-electron chi connectivity index (χ1n) is 11.6. The van der Waals surface area contributed by atoms with Crippen LogP contribution in [0.1, 0.15) is 11.1 Å². The van der Waals surface area contributed by atoms with Crippen molar-refractivity contribution in [2.75, 3.05) is 24.2 Å². The summed E-state index contributed by atoms with van der Waals surface area (Å²) >= 11 is 5.57. The summed E-state index contributed by atoms with van der Waals surface area (Å²) < 4.78 is 74.0. The van der Waals surface area contributed by atoms with E-state index in [4.69, 9.17) is 20.9 Å². The number of carbonyl (C=O) groups excluding carboxylic acids is 1. The molecule has 13 heteroatoms.